The molecule has 1 aromatic rings. The van der Waals surface area contributed by atoms with E-state index in [4.69, 9.17) is 4.74 Å². The Hall–Kier alpha value is -2.31. The minimum atomic E-state index is -0.374. The molecular weight excluding hydrogens is 347 g/mol. The van der Waals surface area contributed by atoms with Gasteiger partial charge in [-0.15, -0.1) is 0 Å². The first-order chi connectivity index (χ1) is 13.1. The van der Waals surface area contributed by atoms with Gasteiger partial charge in [0.15, 0.2) is 17.5 Å². The molecule has 0 radical (unpaired) electrons. The van der Waals surface area contributed by atoms with E-state index in [9.17, 15) is 9.18 Å². The first-order valence-electron chi connectivity index (χ1n) is 9.73. The molecule has 1 amide bonds. The second kappa shape index (κ2) is 11.4. The number of nitrogens with one attached hydrogen (secondary N) is 3. The maximum Gasteiger partial charge on any atom is 0.223 e. The average Bonchev–Trinajstić information content (AvgIpc) is 2.69. The molecule has 27 heavy (non-hydrogen) atoms. The summed E-state index contributed by atoms with van der Waals surface area (Å²) in [6, 6.07) is 6.34. The van der Waals surface area contributed by atoms with Crippen molar-refractivity contribution in [2.24, 2.45) is 10.9 Å². The third-order valence-electron chi connectivity index (χ3n) is 4.64. The zero-order chi connectivity index (χ0) is 19.5. The van der Waals surface area contributed by atoms with Crippen molar-refractivity contribution >= 4 is 11.9 Å². The van der Waals surface area contributed by atoms with E-state index in [-0.39, 0.29) is 29.5 Å². The third-order valence-corrected chi connectivity index (χ3v) is 4.64. The van der Waals surface area contributed by atoms with Gasteiger partial charge in [0.25, 0.3) is 0 Å². The lowest BCUT2D eigenvalue weighted by molar-refractivity contribution is -0.125. The van der Waals surface area contributed by atoms with E-state index < -0.39 is 0 Å². The molecule has 2 rings (SSSR count). The number of hydrogen-bond acceptors (Lipinski definition) is 3. The molecule has 0 heterocycles. The molecule has 1 aliphatic carbocycles. The van der Waals surface area contributed by atoms with Crippen LogP contribution in [0.1, 0.15) is 39.0 Å². The largest absolute Gasteiger partial charge is 0.486 e. The van der Waals surface area contributed by atoms with Crippen LogP contribution in [-0.2, 0) is 4.79 Å². The molecule has 150 valence electrons. The summed E-state index contributed by atoms with van der Waals surface area (Å²) in [7, 11) is 1.68. The van der Waals surface area contributed by atoms with Crippen LogP contribution in [0.2, 0.25) is 0 Å². The van der Waals surface area contributed by atoms with Crippen LogP contribution in [0.5, 0.6) is 5.75 Å². The maximum absolute atomic E-state index is 13.6. The van der Waals surface area contributed by atoms with Gasteiger partial charge in [-0.25, -0.2) is 4.39 Å². The Bertz CT molecular complexity index is 618. The van der Waals surface area contributed by atoms with Gasteiger partial charge in [-0.2, -0.15) is 0 Å². The first-order valence-corrected chi connectivity index (χ1v) is 9.73. The number of para-hydroxylation sites is 1. The van der Waals surface area contributed by atoms with Gasteiger partial charge < -0.3 is 20.7 Å². The van der Waals surface area contributed by atoms with Gasteiger partial charge >= 0.3 is 0 Å². The van der Waals surface area contributed by atoms with Crippen LogP contribution in [0.15, 0.2) is 29.3 Å². The maximum atomic E-state index is 13.6. The van der Waals surface area contributed by atoms with E-state index in [1.807, 2.05) is 6.92 Å². The van der Waals surface area contributed by atoms with Crippen LogP contribution >= 0.6 is 0 Å². The minimum absolute atomic E-state index is 0.159. The molecule has 6 nitrogen and oxygen atoms in total. The van der Waals surface area contributed by atoms with E-state index in [1.165, 1.54) is 12.5 Å². The van der Waals surface area contributed by atoms with Crippen LogP contribution in [0, 0.1) is 11.7 Å². The van der Waals surface area contributed by atoms with Crippen LogP contribution in [0.25, 0.3) is 0 Å². The van der Waals surface area contributed by atoms with Gasteiger partial charge in [0, 0.05) is 26.1 Å². The summed E-state index contributed by atoms with van der Waals surface area (Å²) in [6.45, 7) is 3.47. The molecule has 0 bridgehead atoms. The Morgan fingerprint density at radius 1 is 1.19 bits per heavy atom. The molecule has 0 aromatic heterocycles. The van der Waals surface area contributed by atoms with Crippen molar-refractivity contribution in [1.29, 1.82) is 0 Å². The van der Waals surface area contributed by atoms with Gasteiger partial charge in [-0.3, -0.25) is 9.79 Å². The van der Waals surface area contributed by atoms with Crippen molar-refractivity contribution in [2.75, 3.05) is 26.7 Å². The molecule has 1 aliphatic rings. The second-order valence-electron chi connectivity index (χ2n) is 6.86. The van der Waals surface area contributed by atoms with Gasteiger partial charge in [0.2, 0.25) is 5.91 Å². The summed E-state index contributed by atoms with van der Waals surface area (Å²) in [5.41, 5.74) is 0. The number of carbonyl (C=O) groups excluding carboxylic acids is 1. The van der Waals surface area contributed by atoms with Crippen LogP contribution in [-0.4, -0.2) is 44.7 Å². The van der Waals surface area contributed by atoms with E-state index in [1.54, 1.807) is 25.2 Å². The molecule has 1 aromatic carbocycles. The zero-order valence-corrected chi connectivity index (χ0v) is 16.3. The van der Waals surface area contributed by atoms with Crippen molar-refractivity contribution in [2.45, 2.75) is 45.1 Å². The third kappa shape index (κ3) is 7.45. The van der Waals surface area contributed by atoms with Gasteiger partial charge in [0.1, 0.15) is 6.10 Å². The van der Waals surface area contributed by atoms with Crippen LogP contribution in [0.4, 0.5) is 4.39 Å². The van der Waals surface area contributed by atoms with Crippen molar-refractivity contribution in [3.05, 3.63) is 30.1 Å². The molecular formula is C20H31FN4O2. The van der Waals surface area contributed by atoms with E-state index in [2.05, 4.69) is 20.9 Å². The summed E-state index contributed by atoms with van der Waals surface area (Å²) in [6.07, 6.45) is 5.32. The standard InChI is InChI=1S/C20H31FN4O2/c1-15(27-18-11-7-6-10-17(18)21)14-25-20(22-2)24-13-12-23-19(26)16-8-4-3-5-9-16/h6-7,10-11,15-16H,3-5,8-9,12-14H2,1-2H3,(H,23,26)(H2,22,24,25). The second-order valence-corrected chi connectivity index (χ2v) is 6.86. The molecule has 0 spiro atoms. The number of amides is 1. The first kappa shape index (κ1) is 21.0. The summed E-state index contributed by atoms with van der Waals surface area (Å²) in [5.74, 6) is 0.811. The van der Waals surface area contributed by atoms with Crippen molar-refractivity contribution < 1.29 is 13.9 Å². The Morgan fingerprint density at radius 2 is 1.89 bits per heavy atom. The number of nitrogens with zero attached hydrogens (tertiary/aromatic N) is 1. The van der Waals surface area contributed by atoms with E-state index in [0.29, 0.717) is 25.6 Å². The fourth-order valence-corrected chi connectivity index (χ4v) is 3.14. The number of guanidine groups is 1. The normalized spacial score (nSPS) is 16.5. The molecule has 0 aliphatic heterocycles. The van der Waals surface area contributed by atoms with Crippen molar-refractivity contribution in [1.82, 2.24) is 16.0 Å². The fourth-order valence-electron chi connectivity index (χ4n) is 3.14. The van der Waals surface area contributed by atoms with E-state index in [0.717, 1.165) is 25.7 Å². The number of ether oxygens (including phenoxy) is 1. The van der Waals surface area contributed by atoms with Gasteiger partial charge in [0.05, 0.1) is 6.54 Å². The topological polar surface area (TPSA) is 74.8 Å². The Balaban J connectivity index is 1.62. The lowest BCUT2D eigenvalue weighted by Gasteiger charge is -2.21. The summed E-state index contributed by atoms with van der Waals surface area (Å²) < 4.78 is 19.2. The number of aliphatic imine (C=N–C) groups is 1. The molecule has 1 atom stereocenters. The average molecular weight is 378 g/mol. The van der Waals surface area contributed by atoms with Gasteiger partial charge in [-0.1, -0.05) is 31.4 Å². The number of benzene rings is 1. The smallest absolute Gasteiger partial charge is 0.223 e. The molecule has 3 N–H and O–H groups in total. The minimum Gasteiger partial charge on any atom is -0.486 e. The molecule has 7 heteroatoms. The highest BCUT2D eigenvalue weighted by Crippen LogP contribution is 2.23. The fraction of sp³-hybridized carbons (Fsp3) is 0.600. The summed E-state index contributed by atoms with van der Waals surface area (Å²) in [4.78, 5) is 16.2. The number of hydrogen-bond donors (Lipinski definition) is 3. The Morgan fingerprint density at radius 3 is 2.59 bits per heavy atom. The van der Waals surface area contributed by atoms with Crippen LogP contribution in [0.3, 0.4) is 0 Å². The summed E-state index contributed by atoms with van der Waals surface area (Å²) >= 11 is 0. The number of rotatable bonds is 8. The lowest BCUT2D eigenvalue weighted by atomic mass is 9.89. The number of carbonyl (C=O) groups is 1. The highest BCUT2D eigenvalue weighted by molar-refractivity contribution is 5.80. The molecule has 1 unspecified atom stereocenters. The molecule has 1 fully saturated rings. The quantitative estimate of drug-likeness (QED) is 0.369. The lowest BCUT2D eigenvalue weighted by Crippen LogP contribution is -2.45. The number of halogens is 1. The predicted molar refractivity (Wildman–Crippen MR) is 105 cm³/mol. The molecule has 0 saturated heterocycles. The predicted octanol–water partition coefficient (Wildman–Crippen LogP) is 2.45. The van der Waals surface area contributed by atoms with Crippen molar-refractivity contribution in [3.63, 3.8) is 0 Å². The Labute approximate surface area is 161 Å². The SMILES string of the molecule is CN=C(NCCNC(=O)C1CCCCC1)NCC(C)Oc1ccccc1F. The van der Waals surface area contributed by atoms with Gasteiger partial charge in [-0.05, 0) is 31.9 Å². The summed E-state index contributed by atoms with van der Waals surface area (Å²) in [5, 5.41) is 9.28. The highest BCUT2D eigenvalue weighted by atomic mass is 19.1. The van der Waals surface area contributed by atoms with Crippen LogP contribution < -0.4 is 20.7 Å². The molecule has 1 saturated carbocycles. The zero-order valence-electron chi connectivity index (χ0n) is 16.3. The van der Waals surface area contributed by atoms with Crippen molar-refractivity contribution in [3.8, 4) is 5.75 Å². The van der Waals surface area contributed by atoms with E-state index >= 15 is 0 Å². The highest BCUT2D eigenvalue weighted by Gasteiger charge is 2.20. The Kier molecular flexibility index (Phi) is 8.87. The monoisotopic (exact) mass is 378 g/mol.